The summed E-state index contributed by atoms with van der Waals surface area (Å²) in [7, 11) is 1.33. The largest absolute Gasteiger partial charge is 0.476 e. The minimum absolute atomic E-state index is 0.232. The molecule has 0 spiro atoms. The second-order valence-electron chi connectivity index (χ2n) is 3.51. The van der Waals surface area contributed by atoms with Crippen LogP contribution in [0.5, 0.6) is 0 Å². The third-order valence-electron chi connectivity index (χ3n) is 2.39. The third-order valence-corrected chi connectivity index (χ3v) is 2.63. The number of alkyl halides is 2. The van der Waals surface area contributed by atoms with Crippen molar-refractivity contribution in [2.24, 2.45) is 7.05 Å². The van der Waals surface area contributed by atoms with Crippen LogP contribution in [0.15, 0.2) is 18.2 Å². The van der Waals surface area contributed by atoms with Crippen molar-refractivity contribution in [1.82, 2.24) is 9.55 Å². The van der Waals surface area contributed by atoms with Crippen molar-refractivity contribution in [2.75, 3.05) is 0 Å². The molecule has 1 aromatic carbocycles. The minimum atomic E-state index is -4.03. The maximum absolute atomic E-state index is 13.4. The lowest BCUT2D eigenvalue weighted by molar-refractivity contribution is -0.167. The summed E-state index contributed by atoms with van der Waals surface area (Å²) in [5.41, 5.74) is 0.626. The quantitative estimate of drug-likeness (QED) is 0.902. The number of carbonyl (C=O) groups is 1. The molecule has 0 atom stereocenters. The standard InChI is InChI=1S/C10H7ClF2N2O2/c1-15-7-3-2-5(11)4-6(7)14-8(15)10(12,13)9(16)17/h2-4H,1H3,(H,16,17). The molecule has 7 heteroatoms. The highest BCUT2D eigenvalue weighted by atomic mass is 35.5. The first-order valence-corrected chi connectivity index (χ1v) is 4.95. The maximum atomic E-state index is 13.4. The molecule has 0 radical (unpaired) electrons. The highest BCUT2D eigenvalue weighted by molar-refractivity contribution is 6.31. The molecule has 0 aliphatic carbocycles. The SMILES string of the molecule is Cn1c(C(F)(F)C(=O)O)nc2cc(Cl)ccc21. The van der Waals surface area contributed by atoms with Gasteiger partial charge in [-0.05, 0) is 18.2 Å². The lowest BCUT2D eigenvalue weighted by atomic mass is 10.3. The number of hydrogen-bond donors (Lipinski definition) is 1. The number of aromatic nitrogens is 2. The van der Waals surface area contributed by atoms with Gasteiger partial charge >= 0.3 is 11.9 Å². The van der Waals surface area contributed by atoms with Gasteiger partial charge in [0, 0.05) is 12.1 Å². The number of rotatable bonds is 2. The summed E-state index contributed by atoms with van der Waals surface area (Å²) in [6.07, 6.45) is 0. The van der Waals surface area contributed by atoms with Crippen molar-refractivity contribution in [1.29, 1.82) is 0 Å². The molecule has 0 bridgehead atoms. The Morgan fingerprint density at radius 1 is 1.53 bits per heavy atom. The fourth-order valence-electron chi connectivity index (χ4n) is 1.55. The Balaban J connectivity index is 2.72. The molecular formula is C10H7ClF2N2O2. The van der Waals surface area contributed by atoms with E-state index in [9.17, 15) is 13.6 Å². The molecule has 1 aromatic heterocycles. The number of fused-ring (bicyclic) bond motifs is 1. The Morgan fingerprint density at radius 2 is 2.18 bits per heavy atom. The molecule has 2 aromatic rings. The molecule has 0 amide bonds. The number of carboxylic acid groups (broad SMARTS) is 1. The van der Waals surface area contributed by atoms with Crippen LogP contribution in [-0.2, 0) is 17.8 Å². The van der Waals surface area contributed by atoms with Crippen LogP contribution in [0.1, 0.15) is 5.82 Å². The van der Waals surface area contributed by atoms with Gasteiger partial charge in [0.2, 0.25) is 0 Å². The Kier molecular flexibility index (Phi) is 2.54. The van der Waals surface area contributed by atoms with E-state index in [0.29, 0.717) is 10.5 Å². The molecule has 0 unspecified atom stereocenters. The van der Waals surface area contributed by atoms with E-state index < -0.39 is 17.7 Å². The molecular weight excluding hydrogens is 254 g/mol. The van der Waals surface area contributed by atoms with Gasteiger partial charge in [0.1, 0.15) is 0 Å². The van der Waals surface area contributed by atoms with Crippen LogP contribution in [0.3, 0.4) is 0 Å². The van der Waals surface area contributed by atoms with E-state index in [-0.39, 0.29) is 5.52 Å². The molecule has 2 rings (SSSR count). The number of nitrogens with zero attached hydrogens (tertiary/aromatic N) is 2. The van der Waals surface area contributed by atoms with E-state index >= 15 is 0 Å². The monoisotopic (exact) mass is 260 g/mol. The van der Waals surface area contributed by atoms with Crippen molar-refractivity contribution >= 4 is 28.6 Å². The normalized spacial score (nSPS) is 12.0. The number of aliphatic carboxylic acids is 1. The predicted molar refractivity (Wildman–Crippen MR) is 57.3 cm³/mol. The van der Waals surface area contributed by atoms with Gasteiger partial charge in [0.05, 0.1) is 11.0 Å². The Bertz CT molecular complexity index is 610. The van der Waals surface area contributed by atoms with Crippen LogP contribution < -0.4 is 0 Å². The zero-order chi connectivity index (χ0) is 12.8. The van der Waals surface area contributed by atoms with E-state index in [2.05, 4.69) is 4.98 Å². The molecule has 0 saturated carbocycles. The number of carboxylic acids is 1. The molecule has 90 valence electrons. The zero-order valence-corrected chi connectivity index (χ0v) is 9.37. The van der Waals surface area contributed by atoms with Crippen molar-refractivity contribution in [3.05, 3.63) is 29.0 Å². The van der Waals surface area contributed by atoms with Crippen LogP contribution in [0, 0.1) is 0 Å². The van der Waals surface area contributed by atoms with Gasteiger partial charge < -0.3 is 9.67 Å². The maximum Gasteiger partial charge on any atom is 0.399 e. The second-order valence-corrected chi connectivity index (χ2v) is 3.94. The first-order chi connectivity index (χ1) is 7.84. The average Bonchev–Trinajstić information content (AvgIpc) is 2.55. The first kappa shape index (κ1) is 11.8. The highest BCUT2D eigenvalue weighted by Gasteiger charge is 2.45. The summed E-state index contributed by atoms with van der Waals surface area (Å²) in [4.78, 5) is 14.1. The highest BCUT2D eigenvalue weighted by Crippen LogP contribution is 2.30. The van der Waals surface area contributed by atoms with Gasteiger partial charge in [-0.15, -0.1) is 0 Å². The number of hydrogen-bond acceptors (Lipinski definition) is 2. The Morgan fingerprint density at radius 3 is 2.76 bits per heavy atom. The third kappa shape index (κ3) is 1.74. The van der Waals surface area contributed by atoms with Crippen molar-refractivity contribution in [2.45, 2.75) is 5.92 Å². The predicted octanol–water partition coefficient (Wildman–Crippen LogP) is 2.40. The van der Waals surface area contributed by atoms with Crippen LogP contribution in [0.2, 0.25) is 5.02 Å². The fourth-order valence-corrected chi connectivity index (χ4v) is 1.72. The zero-order valence-electron chi connectivity index (χ0n) is 8.62. The number of aryl methyl sites for hydroxylation is 1. The number of benzene rings is 1. The molecule has 0 aliphatic heterocycles. The molecule has 1 heterocycles. The Hall–Kier alpha value is -1.69. The van der Waals surface area contributed by atoms with Gasteiger partial charge in [-0.1, -0.05) is 11.6 Å². The smallest absolute Gasteiger partial charge is 0.399 e. The van der Waals surface area contributed by atoms with Crippen LogP contribution in [0.4, 0.5) is 8.78 Å². The van der Waals surface area contributed by atoms with Gasteiger partial charge in [-0.3, -0.25) is 0 Å². The summed E-state index contributed by atoms with van der Waals surface area (Å²) >= 11 is 5.70. The van der Waals surface area contributed by atoms with E-state index in [1.54, 1.807) is 0 Å². The van der Waals surface area contributed by atoms with Gasteiger partial charge in [0.25, 0.3) is 0 Å². The minimum Gasteiger partial charge on any atom is -0.476 e. The van der Waals surface area contributed by atoms with Gasteiger partial charge in [0.15, 0.2) is 5.82 Å². The van der Waals surface area contributed by atoms with Crippen LogP contribution in [0.25, 0.3) is 11.0 Å². The summed E-state index contributed by atoms with van der Waals surface area (Å²) in [6, 6.07) is 4.43. The van der Waals surface area contributed by atoms with E-state index in [1.807, 2.05) is 0 Å². The van der Waals surface area contributed by atoms with Crippen molar-refractivity contribution in [3.8, 4) is 0 Å². The molecule has 4 nitrogen and oxygen atoms in total. The Labute approximate surface area is 99.4 Å². The van der Waals surface area contributed by atoms with E-state index in [4.69, 9.17) is 16.7 Å². The van der Waals surface area contributed by atoms with Gasteiger partial charge in [-0.2, -0.15) is 8.78 Å². The van der Waals surface area contributed by atoms with E-state index in [1.165, 1.54) is 25.2 Å². The fraction of sp³-hybridized carbons (Fsp3) is 0.200. The molecule has 0 fully saturated rings. The van der Waals surface area contributed by atoms with Crippen molar-refractivity contribution in [3.63, 3.8) is 0 Å². The topological polar surface area (TPSA) is 55.1 Å². The molecule has 0 saturated heterocycles. The number of imidazole rings is 1. The molecule has 1 N–H and O–H groups in total. The van der Waals surface area contributed by atoms with E-state index in [0.717, 1.165) is 4.57 Å². The number of halogens is 3. The molecule has 0 aliphatic rings. The summed E-state index contributed by atoms with van der Waals surface area (Å²) in [5.74, 6) is -7.08. The second kappa shape index (κ2) is 3.66. The van der Waals surface area contributed by atoms with Crippen LogP contribution >= 0.6 is 11.6 Å². The van der Waals surface area contributed by atoms with Gasteiger partial charge in [-0.25, -0.2) is 9.78 Å². The lowest BCUT2D eigenvalue weighted by Crippen LogP contribution is -2.28. The lowest BCUT2D eigenvalue weighted by Gasteiger charge is -2.10. The molecule has 17 heavy (non-hydrogen) atoms. The summed E-state index contributed by atoms with van der Waals surface area (Å²) < 4.78 is 27.8. The van der Waals surface area contributed by atoms with Crippen LogP contribution in [-0.4, -0.2) is 20.6 Å². The first-order valence-electron chi connectivity index (χ1n) is 4.57. The average molecular weight is 261 g/mol. The summed E-state index contributed by atoms with van der Waals surface area (Å²) in [6.45, 7) is 0. The van der Waals surface area contributed by atoms with Crippen molar-refractivity contribution < 1.29 is 18.7 Å². The summed E-state index contributed by atoms with van der Waals surface area (Å²) in [5, 5.41) is 8.82.